The Kier molecular flexibility index (Phi) is 4.78. The number of hydrogen-bond acceptors (Lipinski definition) is 5. The molecule has 1 aromatic heterocycles. The first kappa shape index (κ1) is 17.1. The smallest absolute Gasteiger partial charge is 0.414 e. The average Bonchev–Trinajstić information content (AvgIpc) is 3.15. The van der Waals surface area contributed by atoms with Crippen LogP contribution in [0.4, 0.5) is 26.7 Å². The molecule has 2 saturated heterocycles. The molecule has 0 atom stereocenters. The standard InChI is InChI=1S/C19H21N5O3/c25-18(23-10-8-22(9-11-23)15-4-3-7-20-14-15)21-16-5-1-2-6-17(16)24-12-13-27-19(24)26/h1-7,14H,8-13H2,(H,21,25). The Morgan fingerprint density at radius 1 is 1.04 bits per heavy atom. The second-order valence-corrected chi connectivity index (χ2v) is 6.40. The van der Waals surface area contributed by atoms with Gasteiger partial charge in [0.1, 0.15) is 6.61 Å². The molecule has 2 aromatic rings. The lowest BCUT2D eigenvalue weighted by Gasteiger charge is -2.36. The van der Waals surface area contributed by atoms with E-state index < -0.39 is 0 Å². The summed E-state index contributed by atoms with van der Waals surface area (Å²) in [7, 11) is 0. The van der Waals surface area contributed by atoms with Gasteiger partial charge >= 0.3 is 12.1 Å². The highest BCUT2D eigenvalue weighted by Crippen LogP contribution is 2.28. The van der Waals surface area contributed by atoms with Gasteiger partial charge in [-0.3, -0.25) is 9.88 Å². The van der Waals surface area contributed by atoms with Crippen LogP contribution in [0, 0.1) is 0 Å². The molecule has 27 heavy (non-hydrogen) atoms. The van der Waals surface area contributed by atoms with E-state index in [0.717, 1.165) is 18.8 Å². The molecule has 0 aliphatic carbocycles. The zero-order chi connectivity index (χ0) is 18.6. The summed E-state index contributed by atoms with van der Waals surface area (Å²) in [6.07, 6.45) is 3.20. The molecular formula is C19H21N5O3. The number of carbonyl (C=O) groups is 2. The van der Waals surface area contributed by atoms with Crippen LogP contribution in [0.3, 0.4) is 0 Å². The van der Waals surface area contributed by atoms with Crippen LogP contribution in [0.15, 0.2) is 48.8 Å². The van der Waals surface area contributed by atoms with Gasteiger partial charge < -0.3 is 19.9 Å². The average molecular weight is 367 g/mol. The van der Waals surface area contributed by atoms with Crippen molar-refractivity contribution in [3.8, 4) is 0 Å². The molecule has 4 rings (SSSR count). The second-order valence-electron chi connectivity index (χ2n) is 6.40. The molecule has 0 unspecified atom stereocenters. The van der Waals surface area contributed by atoms with Crippen molar-refractivity contribution in [1.82, 2.24) is 9.88 Å². The van der Waals surface area contributed by atoms with E-state index in [2.05, 4.69) is 15.2 Å². The largest absolute Gasteiger partial charge is 0.447 e. The molecule has 8 nitrogen and oxygen atoms in total. The number of benzene rings is 1. The first-order chi connectivity index (χ1) is 13.2. The number of urea groups is 1. The van der Waals surface area contributed by atoms with Crippen molar-refractivity contribution >= 4 is 29.2 Å². The number of aromatic nitrogens is 1. The predicted molar refractivity (Wildman–Crippen MR) is 102 cm³/mol. The lowest BCUT2D eigenvalue weighted by Crippen LogP contribution is -2.50. The number of amides is 3. The number of para-hydroxylation sites is 2. The number of ether oxygens (including phenoxy) is 1. The van der Waals surface area contributed by atoms with E-state index in [1.54, 1.807) is 17.2 Å². The normalized spacial score (nSPS) is 17.0. The minimum absolute atomic E-state index is 0.166. The van der Waals surface area contributed by atoms with Crippen LogP contribution in [0.1, 0.15) is 0 Å². The van der Waals surface area contributed by atoms with Gasteiger partial charge in [-0.1, -0.05) is 12.1 Å². The summed E-state index contributed by atoms with van der Waals surface area (Å²) in [5, 5.41) is 2.94. The highest BCUT2D eigenvalue weighted by molar-refractivity contribution is 5.99. The maximum atomic E-state index is 12.7. The highest BCUT2D eigenvalue weighted by Gasteiger charge is 2.27. The van der Waals surface area contributed by atoms with Crippen molar-refractivity contribution in [3.63, 3.8) is 0 Å². The van der Waals surface area contributed by atoms with E-state index in [4.69, 9.17) is 4.74 Å². The Hall–Kier alpha value is -3.29. The minimum atomic E-state index is -0.387. The quantitative estimate of drug-likeness (QED) is 0.901. The summed E-state index contributed by atoms with van der Waals surface area (Å²) in [6, 6.07) is 11.0. The number of nitrogens with zero attached hydrogens (tertiary/aromatic N) is 4. The minimum Gasteiger partial charge on any atom is -0.447 e. The van der Waals surface area contributed by atoms with Crippen LogP contribution in [-0.2, 0) is 4.74 Å². The summed E-state index contributed by atoms with van der Waals surface area (Å²) >= 11 is 0. The number of hydrogen-bond donors (Lipinski definition) is 1. The molecule has 1 N–H and O–H groups in total. The number of cyclic esters (lactones) is 1. The van der Waals surface area contributed by atoms with Crippen molar-refractivity contribution in [1.29, 1.82) is 0 Å². The molecule has 8 heteroatoms. The fourth-order valence-electron chi connectivity index (χ4n) is 3.33. The van der Waals surface area contributed by atoms with Crippen molar-refractivity contribution in [2.45, 2.75) is 0 Å². The lowest BCUT2D eigenvalue weighted by molar-refractivity contribution is 0.181. The molecule has 140 valence electrons. The molecular weight excluding hydrogens is 346 g/mol. The fourth-order valence-corrected chi connectivity index (χ4v) is 3.33. The SMILES string of the molecule is O=C(Nc1ccccc1N1CCOC1=O)N1CCN(c2cccnc2)CC1. The molecule has 0 radical (unpaired) electrons. The van der Waals surface area contributed by atoms with Gasteiger partial charge in [-0.15, -0.1) is 0 Å². The number of rotatable bonds is 3. The number of piperazine rings is 1. The van der Waals surface area contributed by atoms with Crippen LogP contribution in [-0.4, -0.2) is 61.3 Å². The summed E-state index contributed by atoms with van der Waals surface area (Å²) < 4.78 is 5.00. The van der Waals surface area contributed by atoms with Crippen molar-refractivity contribution in [2.24, 2.45) is 0 Å². The molecule has 2 aliphatic rings. The lowest BCUT2D eigenvalue weighted by atomic mass is 10.2. The van der Waals surface area contributed by atoms with E-state index in [-0.39, 0.29) is 12.1 Å². The zero-order valence-corrected chi connectivity index (χ0v) is 14.9. The van der Waals surface area contributed by atoms with Crippen LogP contribution in [0.25, 0.3) is 0 Å². The maximum absolute atomic E-state index is 12.7. The second kappa shape index (κ2) is 7.53. The predicted octanol–water partition coefficient (Wildman–Crippen LogP) is 2.39. The number of pyridine rings is 1. The Morgan fingerprint density at radius 2 is 1.85 bits per heavy atom. The highest BCUT2D eigenvalue weighted by atomic mass is 16.6. The summed E-state index contributed by atoms with van der Waals surface area (Å²) in [6.45, 7) is 3.58. The summed E-state index contributed by atoms with van der Waals surface area (Å²) in [5.74, 6) is 0. The van der Waals surface area contributed by atoms with E-state index >= 15 is 0 Å². The van der Waals surface area contributed by atoms with Crippen LogP contribution in [0.2, 0.25) is 0 Å². The van der Waals surface area contributed by atoms with Crippen molar-refractivity contribution in [2.75, 3.05) is 54.4 Å². The Labute approximate surface area is 157 Å². The molecule has 2 aliphatic heterocycles. The van der Waals surface area contributed by atoms with Crippen LogP contribution < -0.4 is 15.1 Å². The number of nitrogens with one attached hydrogen (secondary N) is 1. The van der Waals surface area contributed by atoms with Crippen molar-refractivity contribution in [3.05, 3.63) is 48.8 Å². The third kappa shape index (κ3) is 3.64. The van der Waals surface area contributed by atoms with Gasteiger partial charge in [-0.25, -0.2) is 9.59 Å². The fraction of sp³-hybridized carbons (Fsp3) is 0.316. The van der Waals surface area contributed by atoms with E-state index in [9.17, 15) is 9.59 Å². The van der Waals surface area contributed by atoms with E-state index in [1.165, 1.54) is 4.90 Å². The first-order valence-electron chi connectivity index (χ1n) is 8.96. The maximum Gasteiger partial charge on any atom is 0.414 e. The number of carbonyl (C=O) groups excluding carboxylic acids is 2. The number of anilines is 3. The first-order valence-corrected chi connectivity index (χ1v) is 8.96. The van der Waals surface area contributed by atoms with E-state index in [1.807, 2.05) is 36.5 Å². The van der Waals surface area contributed by atoms with Crippen LogP contribution in [0.5, 0.6) is 0 Å². The summed E-state index contributed by atoms with van der Waals surface area (Å²) in [4.78, 5) is 34.2. The molecule has 0 bridgehead atoms. The molecule has 3 heterocycles. The topological polar surface area (TPSA) is 78.0 Å². The molecule has 2 fully saturated rings. The van der Waals surface area contributed by atoms with E-state index in [0.29, 0.717) is 37.6 Å². The molecule has 1 aromatic carbocycles. The molecule has 0 saturated carbocycles. The van der Waals surface area contributed by atoms with Gasteiger partial charge in [0, 0.05) is 32.4 Å². The van der Waals surface area contributed by atoms with Crippen LogP contribution >= 0.6 is 0 Å². The Morgan fingerprint density at radius 3 is 2.56 bits per heavy atom. The van der Waals surface area contributed by atoms with Gasteiger partial charge in [0.2, 0.25) is 0 Å². The van der Waals surface area contributed by atoms with Crippen molar-refractivity contribution < 1.29 is 14.3 Å². The summed E-state index contributed by atoms with van der Waals surface area (Å²) in [5.41, 5.74) is 2.33. The zero-order valence-electron chi connectivity index (χ0n) is 14.9. The Balaban J connectivity index is 1.40. The van der Waals surface area contributed by atoms with Gasteiger partial charge in [0.25, 0.3) is 0 Å². The molecule has 3 amide bonds. The van der Waals surface area contributed by atoms with Gasteiger partial charge in [-0.2, -0.15) is 0 Å². The third-order valence-electron chi connectivity index (χ3n) is 4.78. The van der Waals surface area contributed by atoms with Gasteiger partial charge in [-0.05, 0) is 24.3 Å². The third-order valence-corrected chi connectivity index (χ3v) is 4.78. The van der Waals surface area contributed by atoms with Gasteiger partial charge in [0.15, 0.2) is 0 Å². The molecule has 0 spiro atoms. The Bertz CT molecular complexity index is 821. The monoisotopic (exact) mass is 367 g/mol. The van der Waals surface area contributed by atoms with Gasteiger partial charge in [0.05, 0.1) is 29.8 Å².